The zero-order valence-corrected chi connectivity index (χ0v) is 11.9. The predicted molar refractivity (Wildman–Crippen MR) is 79.3 cm³/mol. The van der Waals surface area contributed by atoms with Crippen LogP contribution in [0.15, 0.2) is 24.3 Å². The molecule has 1 aliphatic rings. The molecule has 18 heavy (non-hydrogen) atoms. The summed E-state index contributed by atoms with van der Waals surface area (Å²) in [4.78, 5) is 4.68. The minimum atomic E-state index is 0.385. The summed E-state index contributed by atoms with van der Waals surface area (Å²) in [6.45, 7) is 4.74. The maximum atomic E-state index is 4.68. The number of fused-ring (bicyclic) bond motifs is 1. The van der Waals surface area contributed by atoms with E-state index in [0.717, 1.165) is 10.6 Å². The highest BCUT2D eigenvalue weighted by Gasteiger charge is 2.32. The van der Waals surface area contributed by atoms with E-state index in [1.54, 1.807) is 11.3 Å². The van der Waals surface area contributed by atoms with Gasteiger partial charge in [0.25, 0.3) is 0 Å². The molecule has 3 rings (SSSR count). The van der Waals surface area contributed by atoms with Gasteiger partial charge in [0.05, 0.1) is 10.2 Å². The van der Waals surface area contributed by atoms with Crippen LogP contribution in [0.5, 0.6) is 0 Å². The van der Waals surface area contributed by atoms with Crippen LogP contribution < -0.4 is 5.32 Å². The van der Waals surface area contributed by atoms with Crippen molar-refractivity contribution in [3.05, 3.63) is 24.3 Å². The first-order valence-corrected chi connectivity index (χ1v) is 7.59. The molecule has 1 aromatic carbocycles. The van der Waals surface area contributed by atoms with Crippen LogP contribution in [-0.4, -0.2) is 11.0 Å². The van der Waals surface area contributed by atoms with Crippen LogP contribution in [0.4, 0.5) is 5.13 Å². The third-order valence-corrected chi connectivity index (χ3v) is 5.07. The molecule has 0 aliphatic heterocycles. The van der Waals surface area contributed by atoms with Crippen molar-refractivity contribution in [1.82, 2.24) is 4.98 Å². The Morgan fingerprint density at radius 1 is 1.28 bits per heavy atom. The number of thiazole rings is 1. The summed E-state index contributed by atoms with van der Waals surface area (Å²) >= 11 is 1.77. The first-order chi connectivity index (χ1) is 8.65. The molecule has 0 spiro atoms. The maximum Gasteiger partial charge on any atom is 0.184 e. The van der Waals surface area contributed by atoms with Crippen LogP contribution in [0.1, 0.15) is 39.5 Å². The number of hydrogen-bond donors (Lipinski definition) is 1. The molecule has 0 saturated heterocycles. The Bertz CT molecular complexity index is 511. The number of para-hydroxylation sites is 1. The molecular formula is C15H20N2S. The number of nitrogens with zero attached hydrogens (tertiary/aromatic N) is 1. The molecule has 96 valence electrons. The van der Waals surface area contributed by atoms with Gasteiger partial charge in [0.2, 0.25) is 0 Å². The number of aromatic nitrogens is 1. The molecule has 0 radical (unpaired) electrons. The Labute approximate surface area is 112 Å². The second-order valence-electron chi connectivity index (χ2n) is 5.92. The molecular weight excluding hydrogens is 240 g/mol. The van der Waals surface area contributed by atoms with Crippen molar-refractivity contribution in [1.29, 1.82) is 0 Å². The smallest absolute Gasteiger partial charge is 0.184 e. The third kappa shape index (κ3) is 2.24. The highest BCUT2D eigenvalue weighted by molar-refractivity contribution is 7.22. The fourth-order valence-corrected chi connectivity index (χ4v) is 3.76. The zero-order valence-electron chi connectivity index (χ0n) is 11.1. The number of anilines is 1. The summed E-state index contributed by atoms with van der Waals surface area (Å²) in [7, 11) is 0. The Morgan fingerprint density at radius 3 is 2.89 bits per heavy atom. The molecule has 1 heterocycles. The van der Waals surface area contributed by atoms with E-state index < -0.39 is 0 Å². The van der Waals surface area contributed by atoms with Crippen molar-refractivity contribution >= 4 is 26.7 Å². The van der Waals surface area contributed by atoms with Gasteiger partial charge < -0.3 is 5.32 Å². The molecule has 2 aromatic rings. The van der Waals surface area contributed by atoms with Crippen molar-refractivity contribution < 1.29 is 0 Å². The van der Waals surface area contributed by atoms with Gasteiger partial charge in [-0.3, -0.25) is 0 Å². The number of hydrogen-bond acceptors (Lipinski definition) is 3. The molecule has 2 nitrogen and oxygen atoms in total. The fraction of sp³-hybridized carbons (Fsp3) is 0.533. The van der Waals surface area contributed by atoms with Gasteiger partial charge in [-0.05, 0) is 30.4 Å². The monoisotopic (exact) mass is 260 g/mol. The van der Waals surface area contributed by atoms with E-state index in [0.29, 0.717) is 11.5 Å². The Kier molecular flexibility index (Phi) is 3.02. The van der Waals surface area contributed by atoms with Crippen molar-refractivity contribution in [3.63, 3.8) is 0 Å². The normalized spacial score (nSPS) is 23.1. The van der Waals surface area contributed by atoms with Gasteiger partial charge in [-0.1, -0.05) is 50.2 Å². The highest BCUT2D eigenvalue weighted by atomic mass is 32.1. The summed E-state index contributed by atoms with van der Waals surface area (Å²) in [5.41, 5.74) is 1.49. The number of nitrogens with one attached hydrogen (secondary N) is 1. The summed E-state index contributed by atoms with van der Waals surface area (Å²) < 4.78 is 1.27. The minimum absolute atomic E-state index is 0.385. The third-order valence-electron chi connectivity index (χ3n) is 4.10. The first kappa shape index (κ1) is 12.0. The van der Waals surface area contributed by atoms with Crippen molar-refractivity contribution in [2.45, 2.75) is 45.6 Å². The standard InChI is InChI=1S/C15H20N2S/c1-15(2)10-6-5-9-13(15)17-14-16-11-7-3-4-8-12(11)18-14/h3-4,7-8,13H,5-6,9-10H2,1-2H3,(H,16,17). The van der Waals surface area contributed by atoms with E-state index in [4.69, 9.17) is 0 Å². The molecule has 1 saturated carbocycles. The number of rotatable bonds is 2. The largest absolute Gasteiger partial charge is 0.358 e. The SMILES string of the molecule is CC1(C)CCCCC1Nc1nc2ccccc2s1. The average molecular weight is 260 g/mol. The lowest BCUT2D eigenvalue weighted by Crippen LogP contribution is -2.38. The second kappa shape index (κ2) is 4.54. The molecule has 0 bridgehead atoms. The fourth-order valence-electron chi connectivity index (χ4n) is 2.84. The van der Waals surface area contributed by atoms with Gasteiger partial charge in [-0.2, -0.15) is 0 Å². The van der Waals surface area contributed by atoms with Gasteiger partial charge in [-0.25, -0.2) is 4.98 Å². The van der Waals surface area contributed by atoms with Crippen LogP contribution in [0.2, 0.25) is 0 Å². The summed E-state index contributed by atoms with van der Waals surface area (Å²) in [5.74, 6) is 0. The van der Waals surface area contributed by atoms with E-state index >= 15 is 0 Å². The van der Waals surface area contributed by atoms with Crippen LogP contribution in [0, 0.1) is 5.41 Å². The lowest BCUT2D eigenvalue weighted by atomic mass is 9.73. The molecule has 1 atom stereocenters. The summed E-state index contributed by atoms with van der Waals surface area (Å²) in [5, 5.41) is 4.75. The maximum absolute atomic E-state index is 4.68. The van der Waals surface area contributed by atoms with Gasteiger partial charge in [0, 0.05) is 6.04 Å². The van der Waals surface area contributed by atoms with Crippen LogP contribution >= 0.6 is 11.3 Å². The topological polar surface area (TPSA) is 24.9 Å². The van der Waals surface area contributed by atoms with E-state index in [2.05, 4.69) is 48.4 Å². The van der Waals surface area contributed by atoms with E-state index in [1.165, 1.54) is 30.4 Å². The van der Waals surface area contributed by atoms with Gasteiger partial charge in [-0.15, -0.1) is 0 Å². The summed E-state index contributed by atoms with van der Waals surface area (Å²) in [6.07, 6.45) is 5.29. The predicted octanol–water partition coefficient (Wildman–Crippen LogP) is 4.68. The Balaban J connectivity index is 1.83. The Morgan fingerprint density at radius 2 is 2.11 bits per heavy atom. The van der Waals surface area contributed by atoms with Crippen LogP contribution in [0.25, 0.3) is 10.2 Å². The molecule has 1 aliphatic carbocycles. The van der Waals surface area contributed by atoms with Crippen molar-refractivity contribution in [2.24, 2.45) is 5.41 Å². The lowest BCUT2D eigenvalue weighted by Gasteiger charge is -2.38. The van der Waals surface area contributed by atoms with Crippen molar-refractivity contribution in [3.8, 4) is 0 Å². The quantitative estimate of drug-likeness (QED) is 0.848. The average Bonchev–Trinajstić information content (AvgIpc) is 2.74. The van der Waals surface area contributed by atoms with Gasteiger partial charge in [0.15, 0.2) is 5.13 Å². The zero-order chi connectivity index (χ0) is 12.6. The Hall–Kier alpha value is -1.09. The minimum Gasteiger partial charge on any atom is -0.358 e. The van der Waals surface area contributed by atoms with E-state index in [-0.39, 0.29) is 0 Å². The van der Waals surface area contributed by atoms with Crippen LogP contribution in [-0.2, 0) is 0 Å². The molecule has 3 heteroatoms. The number of benzene rings is 1. The van der Waals surface area contributed by atoms with Crippen LogP contribution in [0.3, 0.4) is 0 Å². The molecule has 1 fully saturated rings. The van der Waals surface area contributed by atoms with Crippen molar-refractivity contribution in [2.75, 3.05) is 5.32 Å². The van der Waals surface area contributed by atoms with Gasteiger partial charge >= 0.3 is 0 Å². The highest BCUT2D eigenvalue weighted by Crippen LogP contribution is 2.38. The first-order valence-electron chi connectivity index (χ1n) is 6.77. The molecule has 0 amide bonds. The van der Waals surface area contributed by atoms with Gasteiger partial charge in [0.1, 0.15) is 0 Å². The van der Waals surface area contributed by atoms with E-state index in [1.807, 2.05) is 0 Å². The molecule has 1 N–H and O–H groups in total. The molecule has 1 unspecified atom stereocenters. The van der Waals surface area contributed by atoms with E-state index in [9.17, 15) is 0 Å². The summed E-state index contributed by atoms with van der Waals surface area (Å²) in [6, 6.07) is 8.92. The second-order valence-corrected chi connectivity index (χ2v) is 6.95. The lowest BCUT2D eigenvalue weighted by molar-refractivity contribution is 0.217. The molecule has 1 aromatic heterocycles.